The molecule has 14 heavy (non-hydrogen) atoms. The number of hydrogen-bond acceptors (Lipinski definition) is 4. The zero-order valence-electron chi connectivity index (χ0n) is 8.16. The van der Waals surface area contributed by atoms with Crippen LogP contribution in [0.2, 0.25) is 0 Å². The molecule has 0 aliphatic carbocycles. The second-order valence-electron chi connectivity index (χ2n) is 2.75. The average Bonchev–Trinajstić information content (AvgIpc) is 2.24. The molecule has 4 nitrogen and oxygen atoms in total. The van der Waals surface area contributed by atoms with Crippen LogP contribution in [-0.2, 0) is 11.2 Å². The van der Waals surface area contributed by atoms with E-state index < -0.39 is 0 Å². The van der Waals surface area contributed by atoms with Crippen LogP contribution in [0.25, 0.3) is 0 Å². The van der Waals surface area contributed by atoms with Crippen molar-refractivity contribution >= 4 is 21.7 Å². The molecule has 0 atom stereocenters. The van der Waals surface area contributed by atoms with E-state index >= 15 is 0 Å². The maximum atomic E-state index is 4.98. The third-order valence-electron chi connectivity index (χ3n) is 1.69. The Kier molecular flexibility index (Phi) is 5.47. The van der Waals surface area contributed by atoms with Crippen LogP contribution in [-0.4, -0.2) is 35.6 Å². The summed E-state index contributed by atoms with van der Waals surface area (Å²) in [6, 6.07) is 1.95. The normalized spacial score (nSPS) is 10.1. The van der Waals surface area contributed by atoms with E-state index in [1.807, 2.05) is 6.07 Å². The Morgan fingerprint density at radius 2 is 2.36 bits per heavy atom. The predicted molar refractivity (Wildman–Crippen MR) is 59.9 cm³/mol. The highest BCUT2D eigenvalue weighted by atomic mass is 79.9. The van der Waals surface area contributed by atoms with Gasteiger partial charge in [0.25, 0.3) is 0 Å². The minimum Gasteiger partial charge on any atom is -0.384 e. The molecule has 0 radical (unpaired) electrons. The molecule has 0 aliphatic rings. The van der Waals surface area contributed by atoms with Crippen LogP contribution in [0.15, 0.2) is 12.4 Å². The van der Waals surface area contributed by atoms with Crippen LogP contribution in [0.4, 0.5) is 5.82 Å². The molecule has 78 valence electrons. The Bertz CT molecular complexity index is 247. The second-order valence-corrected chi connectivity index (χ2v) is 3.55. The first-order valence-corrected chi connectivity index (χ1v) is 5.58. The molecule has 0 bridgehead atoms. The highest BCUT2D eigenvalue weighted by Crippen LogP contribution is 2.04. The number of nitrogens with zero attached hydrogens (tertiary/aromatic N) is 2. The van der Waals surface area contributed by atoms with E-state index in [1.165, 1.54) is 0 Å². The third kappa shape index (κ3) is 4.02. The van der Waals surface area contributed by atoms with Gasteiger partial charge in [-0.15, -0.1) is 0 Å². The molecule has 0 saturated heterocycles. The Balaban J connectivity index is 2.50. The van der Waals surface area contributed by atoms with Crippen molar-refractivity contribution in [2.24, 2.45) is 0 Å². The summed E-state index contributed by atoms with van der Waals surface area (Å²) in [6.07, 6.45) is 2.39. The van der Waals surface area contributed by atoms with Crippen molar-refractivity contribution in [3.05, 3.63) is 18.1 Å². The first kappa shape index (κ1) is 11.4. The van der Waals surface area contributed by atoms with E-state index in [4.69, 9.17) is 4.74 Å². The number of anilines is 1. The van der Waals surface area contributed by atoms with Crippen LogP contribution in [0.1, 0.15) is 5.69 Å². The number of aromatic nitrogens is 2. The molecule has 0 fully saturated rings. The molecule has 1 aromatic heterocycles. The van der Waals surface area contributed by atoms with Crippen molar-refractivity contribution in [3.63, 3.8) is 0 Å². The summed E-state index contributed by atoms with van der Waals surface area (Å²) in [7, 11) is 1.69. The van der Waals surface area contributed by atoms with Crippen LogP contribution >= 0.6 is 15.9 Å². The quantitative estimate of drug-likeness (QED) is 0.787. The van der Waals surface area contributed by atoms with Crippen LogP contribution < -0.4 is 5.32 Å². The van der Waals surface area contributed by atoms with Gasteiger partial charge in [0, 0.05) is 37.2 Å². The van der Waals surface area contributed by atoms with Gasteiger partial charge in [0.1, 0.15) is 12.1 Å². The Labute approximate surface area is 92.2 Å². The van der Waals surface area contributed by atoms with E-state index in [2.05, 4.69) is 31.2 Å². The van der Waals surface area contributed by atoms with E-state index in [0.29, 0.717) is 6.61 Å². The number of halogens is 1. The molecule has 0 amide bonds. The highest BCUT2D eigenvalue weighted by molar-refractivity contribution is 9.09. The lowest BCUT2D eigenvalue weighted by molar-refractivity contribution is 0.201. The molecule has 0 saturated carbocycles. The fourth-order valence-electron chi connectivity index (χ4n) is 1.01. The van der Waals surface area contributed by atoms with Crippen molar-refractivity contribution in [1.29, 1.82) is 0 Å². The zero-order valence-corrected chi connectivity index (χ0v) is 9.75. The molecule has 0 spiro atoms. The molecular weight excluding hydrogens is 246 g/mol. The summed E-state index contributed by atoms with van der Waals surface area (Å²) in [4.78, 5) is 8.24. The Morgan fingerprint density at radius 3 is 3.07 bits per heavy atom. The molecule has 1 rings (SSSR count). The maximum absolute atomic E-state index is 4.98. The average molecular weight is 260 g/mol. The molecule has 1 heterocycles. The number of methoxy groups -OCH3 is 1. The smallest absolute Gasteiger partial charge is 0.129 e. The summed E-state index contributed by atoms with van der Waals surface area (Å²) in [5, 5.41) is 4.08. The van der Waals surface area contributed by atoms with Gasteiger partial charge in [-0.05, 0) is 0 Å². The first-order chi connectivity index (χ1) is 6.86. The summed E-state index contributed by atoms with van der Waals surface area (Å²) in [5.41, 5.74) is 0.999. The van der Waals surface area contributed by atoms with Gasteiger partial charge < -0.3 is 10.1 Å². The van der Waals surface area contributed by atoms with Crippen molar-refractivity contribution in [2.45, 2.75) is 6.42 Å². The molecular formula is C9H14BrN3O. The van der Waals surface area contributed by atoms with Crippen LogP contribution in [0, 0.1) is 0 Å². The summed E-state index contributed by atoms with van der Waals surface area (Å²) < 4.78 is 4.98. The first-order valence-electron chi connectivity index (χ1n) is 4.46. The minimum absolute atomic E-state index is 0.689. The highest BCUT2D eigenvalue weighted by Gasteiger charge is 1.97. The van der Waals surface area contributed by atoms with E-state index in [0.717, 1.165) is 29.8 Å². The third-order valence-corrected chi connectivity index (χ3v) is 2.08. The Morgan fingerprint density at radius 1 is 1.50 bits per heavy atom. The topological polar surface area (TPSA) is 47.0 Å². The second kappa shape index (κ2) is 6.73. The van der Waals surface area contributed by atoms with Gasteiger partial charge in [-0.2, -0.15) is 0 Å². The molecule has 1 N–H and O–H groups in total. The number of ether oxygens (including phenoxy) is 1. The number of rotatable bonds is 6. The SMILES string of the molecule is COCCc1cc(NCCBr)ncn1. The number of alkyl halides is 1. The number of nitrogens with one attached hydrogen (secondary N) is 1. The fraction of sp³-hybridized carbons (Fsp3) is 0.556. The predicted octanol–water partition coefficient (Wildman–Crippen LogP) is 1.47. The van der Waals surface area contributed by atoms with Crippen molar-refractivity contribution in [1.82, 2.24) is 9.97 Å². The van der Waals surface area contributed by atoms with Crippen LogP contribution in [0.5, 0.6) is 0 Å². The van der Waals surface area contributed by atoms with Crippen molar-refractivity contribution < 1.29 is 4.74 Å². The van der Waals surface area contributed by atoms with Crippen molar-refractivity contribution in [3.8, 4) is 0 Å². The van der Waals surface area contributed by atoms with E-state index in [-0.39, 0.29) is 0 Å². The van der Waals surface area contributed by atoms with Gasteiger partial charge in [0.15, 0.2) is 0 Å². The van der Waals surface area contributed by atoms with Gasteiger partial charge in [-0.25, -0.2) is 9.97 Å². The van der Waals surface area contributed by atoms with Gasteiger partial charge in [0.05, 0.1) is 6.61 Å². The summed E-state index contributed by atoms with van der Waals surface area (Å²) in [6.45, 7) is 1.55. The molecule has 0 aliphatic heterocycles. The zero-order chi connectivity index (χ0) is 10.2. The largest absolute Gasteiger partial charge is 0.384 e. The minimum atomic E-state index is 0.689. The lowest BCUT2D eigenvalue weighted by Gasteiger charge is -2.04. The lowest BCUT2D eigenvalue weighted by Crippen LogP contribution is -2.06. The van der Waals surface area contributed by atoms with Gasteiger partial charge in [0.2, 0.25) is 0 Å². The van der Waals surface area contributed by atoms with Gasteiger partial charge in [-0.3, -0.25) is 0 Å². The molecule has 5 heteroatoms. The van der Waals surface area contributed by atoms with E-state index in [9.17, 15) is 0 Å². The fourth-order valence-corrected chi connectivity index (χ4v) is 1.21. The standard InChI is InChI=1S/C9H14BrN3O/c1-14-5-2-8-6-9(11-4-3-10)13-7-12-8/h6-7H,2-5H2,1H3,(H,11,12,13). The van der Waals surface area contributed by atoms with Gasteiger partial charge in [-0.1, -0.05) is 15.9 Å². The molecule has 0 unspecified atom stereocenters. The Hall–Kier alpha value is -0.680. The van der Waals surface area contributed by atoms with Crippen LogP contribution in [0.3, 0.4) is 0 Å². The molecule has 1 aromatic rings. The monoisotopic (exact) mass is 259 g/mol. The van der Waals surface area contributed by atoms with Gasteiger partial charge >= 0.3 is 0 Å². The summed E-state index contributed by atoms with van der Waals surface area (Å²) in [5.74, 6) is 0.866. The lowest BCUT2D eigenvalue weighted by atomic mass is 10.3. The molecule has 0 aromatic carbocycles. The number of hydrogen-bond donors (Lipinski definition) is 1. The van der Waals surface area contributed by atoms with Crippen molar-refractivity contribution in [2.75, 3.05) is 30.9 Å². The maximum Gasteiger partial charge on any atom is 0.129 e. The van der Waals surface area contributed by atoms with E-state index in [1.54, 1.807) is 13.4 Å². The summed E-state index contributed by atoms with van der Waals surface area (Å²) >= 11 is 3.34.